The summed E-state index contributed by atoms with van der Waals surface area (Å²) in [5, 5.41) is 31.6. The molecule has 6 atom stereocenters. The number of hydrogen-bond donors (Lipinski definition) is 3. The Balaban J connectivity index is 2.63. The molecule has 1 rings (SSSR count). The minimum Gasteiger partial charge on any atom is -0.479 e. The van der Waals surface area contributed by atoms with Crippen LogP contribution in [-0.2, 0) is 42.9 Å². The summed E-state index contributed by atoms with van der Waals surface area (Å²) in [6.07, 6.45) is 53.8. The zero-order valence-electron chi connectivity index (χ0n) is 50.9. The Morgan fingerprint density at radius 2 is 0.759 bits per heavy atom. The largest absolute Gasteiger partial charge is 0.479 e. The lowest BCUT2D eigenvalue weighted by atomic mass is 9.98. The summed E-state index contributed by atoms with van der Waals surface area (Å²) in [7, 11) is 0. The Kier molecular flexibility index (Phi) is 51.9. The Morgan fingerprint density at radius 3 is 1.18 bits per heavy atom. The minimum atomic E-state index is -1.90. The van der Waals surface area contributed by atoms with Gasteiger partial charge in [-0.15, -0.1) is 0 Å². The van der Waals surface area contributed by atoms with Crippen molar-refractivity contribution >= 4 is 23.9 Å². The Labute approximate surface area is 482 Å². The highest BCUT2D eigenvalue weighted by molar-refractivity contribution is 5.74. The van der Waals surface area contributed by atoms with Gasteiger partial charge < -0.3 is 39.0 Å². The molecule has 12 heteroatoms. The number of aliphatic carboxylic acids is 1. The number of aliphatic hydroxyl groups is 2. The van der Waals surface area contributed by atoms with Gasteiger partial charge in [0.2, 0.25) is 0 Å². The highest BCUT2D eigenvalue weighted by Crippen LogP contribution is 2.27. The van der Waals surface area contributed by atoms with Crippen LogP contribution in [0.15, 0.2) is 36.5 Å². The molecule has 0 amide bonds. The standard InChI is InChI=1S/C67H120O12/c1-4-7-10-13-16-19-22-25-27-29-30-32-33-36-38-41-44-47-50-53-59(68)75-56-58(77-60(69)54-51-48-45-42-39-35-24-21-18-15-12-9-6-3)57-76-67-65(63(72)62(71)64(79-67)66(73)74)78-61(70)55-52-49-46-43-40-37-34-31-28-26-23-20-17-14-11-8-5-2/h17,20,25-28,58,62-65,67,71-72H,4-16,18-19,21-24,29-57H2,1-3H3,(H,73,74)/b20-17-,27-25-,28-26-. The Hall–Kier alpha value is -3.06. The second-order valence-electron chi connectivity index (χ2n) is 22.8. The van der Waals surface area contributed by atoms with Crippen molar-refractivity contribution in [2.24, 2.45) is 0 Å². The van der Waals surface area contributed by atoms with Crippen molar-refractivity contribution in [2.45, 2.75) is 353 Å². The van der Waals surface area contributed by atoms with Gasteiger partial charge in [0.15, 0.2) is 24.6 Å². The number of carboxylic acid groups (broad SMARTS) is 1. The summed E-state index contributed by atoms with van der Waals surface area (Å²) in [5.41, 5.74) is 0. The zero-order chi connectivity index (χ0) is 57.5. The first-order chi connectivity index (χ1) is 38.6. The number of carboxylic acids is 1. The first kappa shape index (κ1) is 74.0. The van der Waals surface area contributed by atoms with E-state index < -0.39 is 67.3 Å². The molecule has 79 heavy (non-hydrogen) atoms. The summed E-state index contributed by atoms with van der Waals surface area (Å²) in [4.78, 5) is 51.3. The van der Waals surface area contributed by atoms with Gasteiger partial charge in [-0.1, -0.05) is 256 Å². The molecule has 0 bridgehead atoms. The third-order valence-corrected chi connectivity index (χ3v) is 15.2. The van der Waals surface area contributed by atoms with Crippen LogP contribution in [0.2, 0.25) is 0 Å². The fourth-order valence-corrected chi connectivity index (χ4v) is 10.1. The van der Waals surface area contributed by atoms with Crippen molar-refractivity contribution in [1.29, 1.82) is 0 Å². The van der Waals surface area contributed by atoms with E-state index in [0.717, 1.165) is 96.3 Å². The van der Waals surface area contributed by atoms with Gasteiger partial charge >= 0.3 is 23.9 Å². The Morgan fingerprint density at radius 1 is 0.418 bits per heavy atom. The van der Waals surface area contributed by atoms with E-state index in [9.17, 15) is 34.5 Å². The predicted octanol–water partition coefficient (Wildman–Crippen LogP) is 17.6. The number of aliphatic hydroxyl groups excluding tert-OH is 2. The average molecular weight is 1120 g/mol. The molecule has 0 saturated carbocycles. The number of unbranched alkanes of at least 4 members (excludes halogenated alkanes) is 37. The van der Waals surface area contributed by atoms with Crippen LogP contribution in [0.1, 0.15) is 316 Å². The quantitative estimate of drug-likeness (QED) is 0.0228. The van der Waals surface area contributed by atoms with E-state index in [1.807, 2.05) is 0 Å². The molecular weight excluding hydrogens is 997 g/mol. The SMILES string of the molecule is CCCCC/C=C\C/C=C\CCCCCCCCCC(=O)OC1C(OCC(COC(=O)CCCCCCCCCCC/C=C\CCCCCCCC)OC(=O)CCCCCCCCCCCCCCC)OC(C(=O)O)C(O)C1O. The van der Waals surface area contributed by atoms with Crippen LogP contribution in [0.25, 0.3) is 0 Å². The number of hydrogen-bond acceptors (Lipinski definition) is 11. The van der Waals surface area contributed by atoms with Crippen LogP contribution in [0.3, 0.4) is 0 Å². The molecule has 1 saturated heterocycles. The molecule has 1 aliphatic heterocycles. The molecule has 0 radical (unpaired) electrons. The molecule has 1 aliphatic rings. The number of allylic oxidation sites excluding steroid dienone is 6. The van der Waals surface area contributed by atoms with E-state index >= 15 is 0 Å². The van der Waals surface area contributed by atoms with Crippen molar-refractivity contribution < 1.29 is 58.2 Å². The average Bonchev–Trinajstić information content (AvgIpc) is 3.46. The van der Waals surface area contributed by atoms with Gasteiger partial charge in [0.1, 0.15) is 18.8 Å². The topological polar surface area (TPSA) is 175 Å². The molecule has 12 nitrogen and oxygen atoms in total. The third kappa shape index (κ3) is 45.2. The van der Waals surface area contributed by atoms with Crippen LogP contribution < -0.4 is 0 Å². The van der Waals surface area contributed by atoms with E-state index in [-0.39, 0.29) is 25.9 Å². The highest BCUT2D eigenvalue weighted by Gasteiger charge is 2.50. The lowest BCUT2D eigenvalue weighted by molar-refractivity contribution is -0.301. The number of esters is 3. The van der Waals surface area contributed by atoms with Crippen LogP contribution >= 0.6 is 0 Å². The normalized spacial score (nSPS) is 18.0. The van der Waals surface area contributed by atoms with E-state index in [1.54, 1.807) is 0 Å². The molecule has 3 N–H and O–H groups in total. The highest BCUT2D eigenvalue weighted by atomic mass is 16.7. The van der Waals surface area contributed by atoms with Gasteiger partial charge in [-0.05, 0) is 77.0 Å². The van der Waals surface area contributed by atoms with E-state index in [1.165, 1.54) is 161 Å². The summed E-state index contributed by atoms with van der Waals surface area (Å²) in [6.45, 7) is 6.01. The maximum Gasteiger partial charge on any atom is 0.335 e. The van der Waals surface area contributed by atoms with Crippen LogP contribution in [-0.4, -0.2) is 89.2 Å². The molecule has 0 aromatic rings. The van der Waals surface area contributed by atoms with Gasteiger partial charge in [0.25, 0.3) is 0 Å². The first-order valence-corrected chi connectivity index (χ1v) is 33.0. The number of ether oxygens (including phenoxy) is 5. The van der Waals surface area contributed by atoms with Crippen molar-refractivity contribution in [2.75, 3.05) is 13.2 Å². The van der Waals surface area contributed by atoms with E-state index in [0.29, 0.717) is 19.3 Å². The van der Waals surface area contributed by atoms with Gasteiger partial charge in [-0.3, -0.25) is 14.4 Å². The second kappa shape index (κ2) is 55.5. The summed E-state index contributed by atoms with van der Waals surface area (Å²) in [5.74, 6) is -3.10. The van der Waals surface area contributed by atoms with Crippen molar-refractivity contribution in [3.05, 3.63) is 36.5 Å². The van der Waals surface area contributed by atoms with Gasteiger partial charge in [0.05, 0.1) is 6.61 Å². The van der Waals surface area contributed by atoms with Gasteiger partial charge in [0, 0.05) is 19.3 Å². The van der Waals surface area contributed by atoms with Crippen LogP contribution in [0.5, 0.6) is 0 Å². The second-order valence-corrected chi connectivity index (χ2v) is 22.8. The molecule has 460 valence electrons. The number of carbonyl (C=O) groups is 4. The lowest BCUT2D eigenvalue weighted by Gasteiger charge is -2.40. The molecule has 6 unspecified atom stereocenters. The maximum atomic E-state index is 13.2. The minimum absolute atomic E-state index is 0.0549. The summed E-state index contributed by atoms with van der Waals surface area (Å²) < 4.78 is 28.5. The fourth-order valence-electron chi connectivity index (χ4n) is 10.1. The van der Waals surface area contributed by atoms with Crippen molar-refractivity contribution in [3.63, 3.8) is 0 Å². The van der Waals surface area contributed by atoms with Crippen molar-refractivity contribution in [1.82, 2.24) is 0 Å². The van der Waals surface area contributed by atoms with Crippen LogP contribution in [0.4, 0.5) is 0 Å². The first-order valence-electron chi connectivity index (χ1n) is 33.0. The smallest absolute Gasteiger partial charge is 0.335 e. The number of rotatable bonds is 57. The predicted molar refractivity (Wildman–Crippen MR) is 322 cm³/mol. The Bertz CT molecular complexity index is 1510. The molecular formula is C67H120O12. The molecule has 0 spiro atoms. The molecule has 0 aromatic heterocycles. The summed E-state index contributed by atoms with van der Waals surface area (Å²) >= 11 is 0. The third-order valence-electron chi connectivity index (χ3n) is 15.2. The molecule has 1 heterocycles. The number of carbonyl (C=O) groups excluding carboxylic acids is 3. The van der Waals surface area contributed by atoms with E-state index in [2.05, 4.69) is 57.2 Å². The molecule has 0 aromatic carbocycles. The lowest BCUT2D eigenvalue weighted by Crippen LogP contribution is -2.61. The van der Waals surface area contributed by atoms with Crippen molar-refractivity contribution in [3.8, 4) is 0 Å². The fraction of sp³-hybridized carbons (Fsp3) is 0.851. The zero-order valence-corrected chi connectivity index (χ0v) is 50.9. The van der Waals surface area contributed by atoms with Gasteiger partial charge in [-0.2, -0.15) is 0 Å². The monoisotopic (exact) mass is 1120 g/mol. The summed E-state index contributed by atoms with van der Waals surface area (Å²) in [6, 6.07) is 0. The molecule has 1 fully saturated rings. The van der Waals surface area contributed by atoms with Gasteiger partial charge in [-0.25, -0.2) is 4.79 Å². The van der Waals surface area contributed by atoms with Crippen LogP contribution in [0, 0.1) is 0 Å². The molecule has 0 aliphatic carbocycles. The maximum absolute atomic E-state index is 13.2. The van der Waals surface area contributed by atoms with E-state index in [4.69, 9.17) is 23.7 Å².